The zero-order valence-electron chi connectivity index (χ0n) is 16.1. The lowest BCUT2D eigenvalue weighted by Crippen LogP contribution is -2.42. The van der Waals surface area contributed by atoms with Crippen molar-refractivity contribution in [3.63, 3.8) is 0 Å². The summed E-state index contributed by atoms with van der Waals surface area (Å²) in [4.78, 5) is 12.8. The number of carbonyl (C=O) groups is 1. The molecule has 7 heteroatoms. The van der Waals surface area contributed by atoms with Crippen LogP contribution in [0.25, 0.3) is 0 Å². The van der Waals surface area contributed by atoms with E-state index in [-0.39, 0.29) is 22.4 Å². The van der Waals surface area contributed by atoms with Crippen molar-refractivity contribution in [3.05, 3.63) is 64.7 Å². The van der Waals surface area contributed by atoms with Gasteiger partial charge in [-0.3, -0.25) is 4.79 Å². The van der Waals surface area contributed by atoms with Gasteiger partial charge in [-0.1, -0.05) is 12.1 Å². The van der Waals surface area contributed by atoms with Crippen LogP contribution < -0.4 is 10.0 Å². The maximum atomic E-state index is 13.4. The summed E-state index contributed by atoms with van der Waals surface area (Å²) in [5, 5.41) is 2.63. The quantitative estimate of drug-likeness (QED) is 0.727. The molecule has 150 valence electrons. The first-order valence-corrected chi connectivity index (χ1v) is 10.4. The van der Waals surface area contributed by atoms with Crippen LogP contribution in [0, 0.1) is 11.6 Å². The standard InChI is InChI=1S/C21H24F2N2O2S/c1-21(2,3)28(27)25-19-9-5-6-14-15(19)7-4-8-16(14)20(26)24-13-10-11-17(22)18(23)12-13/h4,7-8,10-12,19,25H,5-6,9H2,1-3H3,(H,24,26)/t19-,28-/m0/s1. The van der Waals surface area contributed by atoms with E-state index in [1.54, 1.807) is 12.1 Å². The van der Waals surface area contributed by atoms with Gasteiger partial charge in [0, 0.05) is 28.7 Å². The van der Waals surface area contributed by atoms with Gasteiger partial charge in [-0.15, -0.1) is 4.72 Å². The SMILES string of the molecule is CC(C)(C)[S@+]([O-])N[C@H]1CCCc2c(C(=O)Nc3ccc(F)c(F)c3)cccc21. The van der Waals surface area contributed by atoms with Crippen LogP contribution in [0.5, 0.6) is 0 Å². The van der Waals surface area contributed by atoms with Gasteiger partial charge in [0.05, 0.1) is 6.04 Å². The second kappa shape index (κ2) is 8.19. The lowest BCUT2D eigenvalue weighted by Gasteiger charge is -2.31. The molecular weight excluding hydrogens is 382 g/mol. The molecule has 0 saturated heterocycles. The fourth-order valence-corrected chi connectivity index (χ4v) is 4.12. The van der Waals surface area contributed by atoms with E-state index in [1.165, 1.54) is 6.07 Å². The number of hydrogen-bond acceptors (Lipinski definition) is 3. The molecule has 1 aliphatic rings. The molecule has 0 heterocycles. The molecule has 0 unspecified atom stereocenters. The minimum atomic E-state index is -1.22. The molecule has 0 spiro atoms. The van der Waals surface area contributed by atoms with Gasteiger partial charge in [0.2, 0.25) is 0 Å². The van der Waals surface area contributed by atoms with Crippen molar-refractivity contribution < 1.29 is 18.1 Å². The van der Waals surface area contributed by atoms with E-state index in [9.17, 15) is 18.1 Å². The highest BCUT2D eigenvalue weighted by atomic mass is 32.2. The van der Waals surface area contributed by atoms with Gasteiger partial charge >= 0.3 is 0 Å². The molecule has 2 atom stereocenters. The molecule has 0 fully saturated rings. The summed E-state index contributed by atoms with van der Waals surface area (Å²) in [6.07, 6.45) is 2.43. The summed E-state index contributed by atoms with van der Waals surface area (Å²) in [5.41, 5.74) is 2.55. The van der Waals surface area contributed by atoms with Crippen molar-refractivity contribution in [1.82, 2.24) is 4.72 Å². The number of nitrogens with one attached hydrogen (secondary N) is 2. The lowest BCUT2D eigenvalue weighted by molar-refractivity contribution is 0.102. The van der Waals surface area contributed by atoms with Crippen molar-refractivity contribution in [2.45, 2.75) is 50.8 Å². The van der Waals surface area contributed by atoms with Crippen molar-refractivity contribution >= 4 is 23.0 Å². The average Bonchev–Trinajstić information content (AvgIpc) is 2.63. The van der Waals surface area contributed by atoms with Crippen LogP contribution >= 0.6 is 0 Å². The van der Waals surface area contributed by atoms with Crippen LogP contribution in [0.3, 0.4) is 0 Å². The Hall–Kier alpha value is -1.96. The number of benzene rings is 2. The van der Waals surface area contributed by atoms with Gasteiger partial charge in [0.25, 0.3) is 5.91 Å². The lowest BCUT2D eigenvalue weighted by atomic mass is 9.85. The van der Waals surface area contributed by atoms with Crippen LogP contribution in [0.1, 0.15) is 61.1 Å². The highest BCUT2D eigenvalue weighted by Gasteiger charge is 2.32. The molecule has 0 radical (unpaired) electrons. The van der Waals surface area contributed by atoms with Gasteiger partial charge in [0.15, 0.2) is 11.6 Å². The van der Waals surface area contributed by atoms with Gasteiger partial charge in [0.1, 0.15) is 4.75 Å². The first-order valence-electron chi connectivity index (χ1n) is 9.23. The van der Waals surface area contributed by atoms with Crippen LogP contribution in [-0.4, -0.2) is 15.2 Å². The molecule has 28 heavy (non-hydrogen) atoms. The number of amides is 1. The van der Waals surface area contributed by atoms with Gasteiger partial charge in [-0.25, -0.2) is 8.78 Å². The Morgan fingerprint density at radius 1 is 1.18 bits per heavy atom. The highest BCUT2D eigenvalue weighted by Crippen LogP contribution is 2.34. The first kappa shape index (κ1) is 20.8. The number of anilines is 1. The van der Waals surface area contributed by atoms with E-state index >= 15 is 0 Å². The second-order valence-corrected chi connectivity index (χ2v) is 9.90. The minimum absolute atomic E-state index is 0.0974. The third-order valence-electron chi connectivity index (χ3n) is 4.73. The molecule has 0 aliphatic heterocycles. The van der Waals surface area contributed by atoms with Crippen molar-refractivity contribution in [2.24, 2.45) is 0 Å². The molecule has 1 amide bonds. The Bertz CT molecular complexity index is 883. The summed E-state index contributed by atoms with van der Waals surface area (Å²) in [6.45, 7) is 5.72. The summed E-state index contributed by atoms with van der Waals surface area (Å²) in [5.74, 6) is -2.35. The molecule has 4 nitrogen and oxygen atoms in total. The number of hydrogen-bond donors (Lipinski definition) is 2. The van der Waals surface area contributed by atoms with Crippen LogP contribution in [-0.2, 0) is 17.8 Å². The molecule has 2 N–H and O–H groups in total. The molecule has 0 bridgehead atoms. The van der Waals surface area contributed by atoms with E-state index in [0.29, 0.717) is 5.56 Å². The highest BCUT2D eigenvalue weighted by molar-refractivity contribution is 7.90. The number of halogens is 2. The Kier molecular flexibility index (Phi) is 6.07. The zero-order chi connectivity index (χ0) is 20.5. The van der Waals surface area contributed by atoms with Crippen LogP contribution in [0.15, 0.2) is 36.4 Å². The molecule has 1 aliphatic carbocycles. The zero-order valence-corrected chi connectivity index (χ0v) is 17.0. The summed E-state index contributed by atoms with van der Waals surface area (Å²) < 4.78 is 41.8. The smallest absolute Gasteiger partial charge is 0.255 e. The summed E-state index contributed by atoms with van der Waals surface area (Å²) >= 11 is -1.22. The molecule has 3 rings (SSSR count). The van der Waals surface area contributed by atoms with Gasteiger partial charge in [-0.05, 0) is 69.4 Å². The van der Waals surface area contributed by atoms with E-state index in [4.69, 9.17) is 0 Å². The minimum Gasteiger partial charge on any atom is -0.598 e. The van der Waals surface area contributed by atoms with Crippen molar-refractivity contribution in [3.8, 4) is 0 Å². The van der Waals surface area contributed by atoms with Crippen molar-refractivity contribution in [1.29, 1.82) is 0 Å². The third-order valence-corrected chi connectivity index (χ3v) is 6.35. The largest absolute Gasteiger partial charge is 0.598 e. The normalized spacial score (nSPS) is 17.7. The second-order valence-electron chi connectivity index (χ2n) is 7.90. The monoisotopic (exact) mass is 406 g/mol. The Balaban J connectivity index is 1.85. The fraction of sp³-hybridized carbons (Fsp3) is 0.381. The van der Waals surface area contributed by atoms with Crippen LogP contribution in [0.4, 0.5) is 14.5 Å². The van der Waals surface area contributed by atoms with Gasteiger partial charge in [-0.2, -0.15) is 0 Å². The van der Waals surface area contributed by atoms with Gasteiger partial charge < -0.3 is 9.87 Å². The number of carbonyl (C=O) groups excluding carboxylic acids is 1. The van der Waals surface area contributed by atoms with E-state index in [2.05, 4.69) is 10.0 Å². The van der Waals surface area contributed by atoms with E-state index in [1.807, 2.05) is 26.8 Å². The topological polar surface area (TPSA) is 64.2 Å². The number of rotatable bonds is 4. The molecule has 0 aromatic heterocycles. The Morgan fingerprint density at radius 3 is 2.61 bits per heavy atom. The van der Waals surface area contributed by atoms with Crippen molar-refractivity contribution in [2.75, 3.05) is 5.32 Å². The van der Waals surface area contributed by atoms with E-state index < -0.39 is 23.0 Å². The van der Waals surface area contributed by atoms with Crippen LogP contribution in [0.2, 0.25) is 0 Å². The molecule has 2 aromatic carbocycles. The Labute approximate surface area is 167 Å². The maximum absolute atomic E-state index is 13.4. The fourth-order valence-electron chi connectivity index (χ4n) is 3.26. The number of fused-ring (bicyclic) bond motifs is 1. The summed E-state index contributed by atoms with van der Waals surface area (Å²) in [7, 11) is 0. The summed E-state index contributed by atoms with van der Waals surface area (Å²) in [6, 6.07) is 8.62. The molecule has 0 saturated carbocycles. The maximum Gasteiger partial charge on any atom is 0.255 e. The molecule has 2 aromatic rings. The molecular formula is C21H24F2N2O2S. The third kappa shape index (κ3) is 4.54. The average molecular weight is 406 g/mol. The first-order chi connectivity index (χ1) is 13.2. The predicted octanol–water partition coefficient (Wildman–Crippen LogP) is 4.65. The van der Waals surface area contributed by atoms with E-state index in [0.717, 1.165) is 42.5 Å². The predicted molar refractivity (Wildman–Crippen MR) is 107 cm³/mol. The Morgan fingerprint density at radius 2 is 1.93 bits per heavy atom.